The SMILES string of the molecule is O=C1Nc2c(cc(F)c(O)c2F)C1=O. The first-order chi connectivity index (χ1) is 6.52. The van der Waals surface area contributed by atoms with Gasteiger partial charge in [-0.05, 0) is 6.07 Å². The van der Waals surface area contributed by atoms with Crippen molar-refractivity contribution in [2.24, 2.45) is 0 Å². The van der Waals surface area contributed by atoms with Crippen molar-refractivity contribution in [3.05, 3.63) is 23.3 Å². The fraction of sp³-hybridized carbons (Fsp3) is 0. The van der Waals surface area contributed by atoms with E-state index in [0.29, 0.717) is 6.07 Å². The van der Waals surface area contributed by atoms with Crippen molar-refractivity contribution in [1.82, 2.24) is 0 Å². The number of fused-ring (bicyclic) bond motifs is 1. The molecule has 0 saturated heterocycles. The fourth-order valence-corrected chi connectivity index (χ4v) is 1.20. The largest absolute Gasteiger partial charge is 0.503 e. The number of carbonyl (C=O) groups is 2. The lowest BCUT2D eigenvalue weighted by atomic mass is 10.1. The maximum absolute atomic E-state index is 13.1. The maximum Gasteiger partial charge on any atom is 0.296 e. The van der Waals surface area contributed by atoms with Crippen LogP contribution in [-0.2, 0) is 4.79 Å². The zero-order valence-electron chi connectivity index (χ0n) is 6.60. The summed E-state index contributed by atoms with van der Waals surface area (Å²) in [7, 11) is 0. The number of ketones is 1. The Labute approximate surface area is 76.2 Å². The third-order valence-electron chi connectivity index (χ3n) is 1.88. The van der Waals surface area contributed by atoms with E-state index in [2.05, 4.69) is 0 Å². The lowest BCUT2D eigenvalue weighted by molar-refractivity contribution is -0.112. The van der Waals surface area contributed by atoms with Crippen LogP contribution in [0.5, 0.6) is 5.75 Å². The molecule has 0 aliphatic carbocycles. The Kier molecular flexibility index (Phi) is 1.54. The van der Waals surface area contributed by atoms with E-state index in [1.165, 1.54) is 0 Å². The minimum Gasteiger partial charge on any atom is -0.503 e. The molecule has 4 nitrogen and oxygen atoms in total. The Balaban J connectivity index is 2.76. The summed E-state index contributed by atoms with van der Waals surface area (Å²) in [6.45, 7) is 0. The third-order valence-corrected chi connectivity index (χ3v) is 1.88. The van der Waals surface area contributed by atoms with Gasteiger partial charge in [-0.3, -0.25) is 9.59 Å². The van der Waals surface area contributed by atoms with Crippen molar-refractivity contribution < 1.29 is 23.5 Å². The molecular formula is C8H3F2NO3. The van der Waals surface area contributed by atoms with Crippen molar-refractivity contribution in [3.63, 3.8) is 0 Å². The van der Waals surface area contributed by atoms with Crippen LogP contribution in [-0.4, -0.2) is 16.8 Å². The van der Waals surface area contributed by atoms with Gasteiger partial charge in [-0.15, -0.1) is 0 Å². The van der Waals surface area contributed by atoms with Crippen LogP contribution in [0.2, 0.25) is 0 Å². The van der Waals surface area contributed by atoms with Crippen LogP contribution in [0.1, 0.15) is 10.4 Å². The molecule has 0 atom stereocenters. The maximum atomic E-state index is 13.1. The summed E-state index contributed by atoms with van der Waals surface area (Å²) >= 11 is 0. The molecular weight excluding hydrogens is 196 g/mol. The summed E-state index contributed by atoms with van der Waals surface area (Å²) in [5.41, 5.74) is -0.873. The predicted octanol–water partition coefficient (Wildman–Crippen LogP) is 0.805. The molecule has 6 heteroatoms. The number of phenolic OH excluding ortho intramolecular Hbond substituents is 1. The van der Waals surface area contributed by atoms with E-state index in [0.717, 1.165) is 0 Å². The van der Waals surface area contributed by atoms with Crippen molar-refractivity contribution in [3.8, 4) is 5.75 Å². The molecule has 2 rings (SSSR count). The smallest absolute Gasteiger partial charge is 0.296 e. The van der Waals surface area contributed by atoms with Gasteiger partial charge < -0.3 is 10.4 Å². The van der Waals surface area contributed by atoms with Gasteiger partial charge in [-0.2, -0.15) is 0 Å². The molecule has 14 heavy (non-hydrogen) atoms. The first-order valence-corrected chi connectivity index (χ1v) is 3.59. The first-order valence-electron chi connectivity index (χ1n) is 3.59. The minimum atomic E-state index is -1.33. The highest BCUT2D eigenvalue weighted by Crippen LogP contribution is 2.33. The van der Waals surface area contributed by atoms with Gasteiger partial charge in [0.2, 0.25) is 0 Å². The number of rotatable bonds is 0. The highest BCUT2D eigenvalue weighted by atomic mass is 19.1. The number of phenols is 1. The van der Waals surface area contributed by atoms with Crippen LogP contribution in [0.4, 0.5) is 14.5 Å². The lowest BCUT2D eigenvalue weighted by Gasteiger charge is -2.02. The van der Waals surface area contributed by atoms with Crippen LogP contribution < -0.4 is 5.32 Å². The predicted molar refractivity (Wildman–Crippen MR) is 41.0 cm³/mol. The van der Waals surface area contributed by atoms with Crippen LogP contribution in [0.25, 0.3) is 0 Å². The van der Waals surface area contributed by atoms with E-state index in [1.807, 2.05) is 5.32 Å². The zero-order valence-corrected chi connectivity index (χ0v) is 6.60. The van der Waals surface area contributed by atoms with Crippen molar-refractivity contribution in [1.29, 1.82) is 0 Å². The molecule has 1 aromatic rings. The number of nitrogens with one attached hydrogen (secondary N) is 1. The van der Waals surface area contributed by atoms with Gasteiger partial charge >= 0.3 is 0 Å². The molecule has 1 aliphatic heterocycles. The monoisotopic (exact) mass is 199 g/mol. The summed E-state index contributed by atoms with van der Waals surface area (Å²) in [4.78, 5) is 21.8. The van der Waals surface area contributed by atoms with Gasteiger partial charge in [0.15, 0.2) is 17.4 Å². The summed E-state index contributed by atoms with van der Waals surface area (Å²) < 4.78 is 25.8. The summed E-state index contributed by atoms with van der Waals surface area (Å²) in [6, 6.07) is 0.619. The molecule has 72 valence electrons. The number of hydrogen-bond acceptors (Lipinski definition) is 3. The normalized spacial score (nSPS) is 14.1. The number of halogens is 2. The highest BCUT2D eigenvalue weighted by molar-refractivity contribution is 6.51. The number of amides is 1. The highest BCUT2D eigenvalue weighted by Gasteiger charge is 2.33. The van der Waals surface area contributed by atoms with Gasteiger partial charge in [0, 0.05) is 0 Å². The summed E-state index contributed by atoms with van der Waals surface area (Å²) in [5.74, 6) is -5.87. The number of aromatic hydroxyl groups is 1. The first kappa shape index (κ1) is 8.61. The molecule has 0 spiro atoms. The van der Waals surface area contributed by atoms with Crippen LogP contribution in [0.3, 0.4) is 0 Å². The van der Waals surface area contributed by atoms with Crippen LogP contribution in [0.15, 0.2) is 6.07 Å². The van der Waals surface area contributed by atoms with Gasteiger partial charge in [0.1, 0.15) is 0 Å². The number of benzene rings is 1. The molecule has 1 heterocycles. The molecule has 1 amide bonds. The van der Waals surface area contributed by atoms with Gasteiger partial charge in [0.25, 0.3) is 11.7 Å². The lowest BCUT2D eigenvalue weighted by Crippen LogP contribution is -2.12. The van der Waals surface area contributed by atoms with E-state index in [1.54, 1.807) is 0 Å². The second-order valence-electron chi connectivity index (χ2n) is 2.73. The quantitative estimate of drug-likeness (QED) is 0.607. The fourth-order valence-electron chi connectivity index (χ4n) is 1.20. The van der Waals surface area contributed by atoms with Gasteiger partial charge in [-0.25, -0.2) is 8.78 Å². The van der Waals surface area contributed by atoms with E-state index in [-0.39, 0.29) is 0 Å². The Morgan fingerprint density at radius 1 is 1.29 bits per heavy atom. The van der Waals surface area contributed by atoms with E-state index < -0.39 is 40.3 Å². The second kappa shape index (κ2) is 2.50. The summed E-state index contributed by atoms with van der Waals surface area (Å²) in [5, 5.41) is 10.7. The average molecular weight is 199 g/mol. The molecule has 0 unspecified atom stereocenters. The molecule has 0 bridgehead atoms. The zero-order chi connectivity index (χ0) is 10.5. The number of carbonyl (C=O) groups excluding carboxylic acids is 2. The minimum absolute atomic E-state index is 0.400. The third kappa shape index (κ3) is 0.905. The van der Waals surface area contributed by atoms with Crippen molar-refractivity contribution >= 4 is 17.4 Å². The Bertz CT molecular complexity index is 470. The summed E-state index contributed by atoms with van der Waals surface area (Å²) in [6.07, 6.45) is 0. The molecule has 0 aromatic heterocycles. The second-order valence-corrected chi connectivity index (χ2v) is 2.73. The van der Waals surface area contributed by atoms with Crippen molar-refractivity contribution in [2.45, 2.75) is 0 Å². The number of Topliss-reactive ketones (excluding diaryl/α,β-unsaturated/α-hetero) is 1. The van der Waals surface area contributed by atoms with Crippen molar-refractivity contribution in [2.75, 3.05) is 5.32 Å². The van der Waals surface area contributed by atoms with E-state index in [9.17, 15) is 18.4 Å². The standard InChI is InChI=1S/C8H3F2NO3/c9-3-1-2-5(4(10)7(3)13)11-8(14)6(2)12/h1,13H,(H,11,12,14). The molecule has 2 N–H and O–H groups in total. The van der Waals surface area contributed by atoms with Gasteiger partial charge in [0.05, 0.1) is 11.3 Å². The number of hydrogen-bond donors (Lipinski definition) is 2. The van der Waals surface area contributed by atoms with E-state index in [4.69, 9.17) is 5.11 Å². The van der Waals surface area contributed by atoms with Gasteiger partial charge in [-0.1, -0.05) is 0 Å². The molecule has 1 aliphatic rings. The Morgan fingerprint density at radius 2 is 1.93 bits per heavy atom. The Morgan fingerprint density at radius 3 is 2.57 bits per heavy atom. The topological polar surface area (TPSA) is 66.4 Å². The molecule has 1 aromatic carbocycles. The average Bonchev–Trinajstić information content (AvgIpc) is 2.42. The number of anilines is 1. The Hall–Kier alpha value is -1.98. The van der Waals surface area contributed by atoms with E-state index >= 15 is 0 Å². The molecule has 0 fully saturated rings. The van der Waals surface area contributed by atoms with Crippen LogP contribution >= 0.6 is 0 Å². The molecule has 0 radical (unpaired) electrons. The molecule has 0 saturated carbocycles. The van der Waals surface area contributed by atoms with Crippen LogP contribution in [0, 0.1) is 11.6 Å².